The monoisotopic (exact) mass is 231 g/mol. The average Bonchev–Trinajstić information content (AvgIpc) is 1.96. The van der Waals surface area contributed by atoms with Crippen molar-refractivity contribution >= 4 is 15.9 Å². The number of benzene rings is 1. The Morgan fingerprint density at radius 3 is 2.83 bits per heavy atom. The van der Waals surface area contributed by atoms with Crippen LogP contribution in [0.4, 0.5) is 0 Å². The lowest BCUT2D eigenvalue weighted by molar-refractivity contribution is -0.496. The van der Waals surface area contributed by atoms with Crippen molar-refractivity contribution in [1.29, 1.82) is 0 Å². The third-order valence-corrected chi connectivity index (χ3v) is 1.83. The number of rotatable bonds is 2. The van der Waals surface area contributed by atoms with E-state index in [4.69, 9.17) is 5.11 Å². The molecule has 0 saturated carbocycles. The summed E-state index contributed by atoms with van der Waals surface area (Å²) in [5.41, 5.74) is 0.314. The molecule has 0 aliphatic rings. The molecule has 0 bridgehead atoms. The summed E-state index contributed by atoms with van der Waals surface area (Å²) >= 11 is 3.15. The third-order valence-electron chi connectivity index (χ3n) is 1.34. The van der Waals surface area contributed by atoms with Crippen molar-refractivity contribution in [3.8, 4) is 5.75 Å². The Hall–Kier alpha value is -1.10. The fourth-order valence-electron chi connectivity index (χ4n) is 0.820. The number of phenolic OH excluding ortho intramolecular Hbond substituents is 1. The Morgan fingerprint density at radius 2 is 2.25 bits per heavy atom. The van der Waals surface area contributed by atoms with E-state index in [1.165, 1.54) is 12.1 Å². The van der Waals surface area contributed by atoms with Gasteiger partial charge >= 0.3 is 0 Å². The normalized spacial score (nSPS) is 9.75. The molecule has 0 atom stereocenters. The van der Waals surface area contributed by atoms with Crippen LogP contribution in [0.15, 0.2) is 22.7 Å². The molecule has 5 heteroatoms. The Bertz CT molecular complexity index is 314. The fraction of sp³-hybridized carbons (Fsp3) is 0.143. The van der Waals surface area contributed by atoms with Crippen molar-refractivity contribution in [2.75, 3.05) is 0 Å². The summed E-state index contributed by atoms with van der Waals surface area (Å²) in [6, 6.07) is 4.57. The minimum absolute atomic E-state index is 0.0464. The van der Waals surface area contributed by atoms with E-state index in [2.05, 4.69) is 15.9 Å². The molecule has 12 heavy (non-hydrogen) atoms. The van der Waals surface area contributed by atoms with Crippen LogP contribution >= 0.6 is 15.9 Å². The molecule has 64 valence electrons. The van der Waals surface area contributed by atoms with Gasteiger partial charge in [-0.15, -0.1) is 0 Å². The summed E-state index contributed by atoms with van der Waals surface area (Å²) in [7, 11) is 0. The minimum atomic E-state index is -0.485. The predicted molar refractivity (Wildman–Crippen MR) is 46.5 cm³/mol. The second-order valence-corrected chi connectivity index (χ2v) is 3.18. The van der Waals surface area contributed by atoms with Crippen LogP contribution in [0, 0.1) is 10.1 Å². The Labute approximate surface area is 77.1 Å². The molecule has 1 aromatic rings. The molecule has 0 radical (unpaired) electrons. The van der Waals surface area contributed by atoms with Crippen LogP contribution < -0.4 is 0 Å². The highest BCUT2D eigenvalue weighted by Crippen LogP contribution is 2.21. The van der Waals surface area contributed by atoms with Gasteiger partial charge in [-0.25, -0.2) is 0 Å². The second-order valence-electron chi connectivity index (χ2n) is 2.26. The fourth-order valence-corrected chi connectivity index (χ4v) is 1.23. The zero-order valence-electron chi connectivity index (χ0n) is 6.03. The molecule has 1 rings (SSSR count). The number of phenols is 1. The number of halogens is 1. The van der Waals surface area contributed by atoms with Crippen molar-refractivity contribution in [1.82, 2.24) is 0 Å². The maximum Gasteiger partial charge on any atom is 0.232 e. The van der Waals surface area contributed by atoms with Gasteiger partial charge in [0, 0.05) is 9.40 Å². The Kier molecular flexibility index (Phi) is 2.65. The summed E-state index contributed by atoms with van der Waals surface area (Å²) < 4.78 is 0.720. The summed E-state index contributed by atoms with van der Waals surface area (Å²) in [6.07, 6.45) is 0. The van der Waals surface area contributed by atoms with Crippen molar-refractivity contribution in [3.05, 3.63) is 38.3 Å². The molecular weight excluding hydrogens is 226 g/mol. The number of hydrogen-bond donors (Lipinski definition) is 1. The molecule has 4 nitrogen and oxygen atoms in total. The number of nitrogens with zero attached hydrogens (tertiary/aromatic N) is 1. The Morgan fingerprint density at radius 1 is 1.58 bits per heavy atom. The lowest BCUT2D eigenvalue weighted by Crippen LogP contribution is -1.98. The van der Waals surface area contributed by atoms with E-state index in [-0.39, 0.29) is 12.3 Å². The maximum absolute atomic E-state index is 10.1. The van der Waals surface area contributed by atoms with Crippen LogP contribution in [0.2, 0.25) is 0 Å². The first-order valence-electron chi connectivity index (χ1n) is 3.19. The molecule has 1 aromatic carbocycles. The molecule has 0 aliphatic heterocycles. The SMILES string of the molecule is O=[N+]([O-])Cc1cc(Br)ccc1O. The summed E-state index contributed by atoms with van der Waals surface area (Å²) in [4.78, 5) is 9.63. The van der Waals surface area contributed by atoms with E-state index >= 15 is 0 Å². The highest BCUT2D eigenvalue weighted by Gasteiger charge is 2.07. The largest absolute Gasteiger partial charge is 0.507 e. The highest BCUT2D eigenvalue weighted by molar-refractivity contribution is 9.10. The smallest absolute Gasteiger partial charge is 0.232 e. The summed E-state index contributed by atoms with van der Waals surface area (Å²) in [5.74, 6) is -0.0464. The van der Waals surface area contributed by atoms with E-state index < -0.39 is 4.92 Å². The number of aromatic hydroxyl groups is 1. The lowest BCUT2D eigenvalue weighted by atomic mass is 10.2. The molecule has 1 N–H and O–H groups in total. The highest BCUT2D eigenvalue weighted by atomic mass is 79.9. The molecule has 0 heterocycles. The van der Waals surface area contributed by atoms with Crippen molar-refractivity contribution in [2.45, 2.75) is 6.54 Å². The van der Waals surface area contributed by atoms with E-state index in [1.807, 2.05) is 0 Å². The molecule has 0 saturated heterocycles. The van der Waals surface area contributed by atoms with Crippen LogP contribution in [-0.4, -0.2) is 10.0 Å². The Balaban J connectivity index is 2.97. The molecule has 0 aliphatic carbocycles. The molecule has 0 amide bonds. The maximum atomic E-state index is 10.1. The van der Waals surface area contributed by atoms with E-state index in [1.54, 1.807) is 6.07 Å². The topological polar surface area (TPSA) is 63.4 Å². The number of hydrogen-bond acceptors (Lipinski definition) is 3. The first-order valence-corrected chi connectivity index (χ1v) is 3.98. The van der Waals surface area contributed by atoms with Crippen molar-refractivity contribution in [3.63, 3.8) is 0 Å². The van der Waals surface area contributed by atoms with Crippen LogP contribution in [0.5, 0.6) is 5.75 Å². The van der Waals surface area contributed by atoms with E-state index in [0.29, 0.717) is 5.56 Å². The van der Waals surface area contributed by atoms with Gasteiger partial charge in [0.25, 0.3) is 0 Å². The van der Waals surface area contributed by atoms with Gasteiger partial charge in [-0.05, 0) is 18.2 Å². The van der Waals surface area contributed by atoms with Crippen LogP contribution in [0.3, 0.4) is 0 Å². The van der Waals surface area contributed by atoms with Gasteiger partial charge in [0.15, 0.2) is 0 Å². The van der Waals surface area contributed by atoms with Crippen molar-refractivity contribution < 1.29 is 10.0 Å². The molecule has 0 unspecified atom stereocenters. The first kappa shape index (κ1) is 8.99. The first-order chi connectivity index (χ1) is 5.59. The average molecular weight is 232 g/mol. The van der Waals surface area contributed by atoms with Crippen LogP contribution in [-0.2, 0) is 6.54 Å². The zero-order valence-corrected chi connectivity index (χ0v) is 7.61. The minimum Gasteiger partial charge on any atom is -0.507 e. The standard InChI is InChI=1S/C7H6BrNO3/c8-6-1-2-7(10)5(3-6)4-9(11)12/h1-3,10H,4H2. The lowest BCUT2D eigenvalue weighted by Gasteiger charge is -1.99. The molecule has 0 fully saturated rings. The van der Waals surface area contributed by atoms with Crippen molar-refractivity contribution in [2.24, 2.45) is 0 Å². The summed E-state index contributed by atoms with van der Waals surface area (Å²) in [5, 5.41) is 19.3. The van der Waals surface area contributed by atoms with Crippen LogP contribution in [0.25, 0.3) is 0 Å². The van der Waals surface area contributed by atoms with Gasteiger partial charge in [-0.2, -0.15) is 0 Å². The van der Waals surface area contributed by atoms with Crippen LogP contribution in [0.1, 0.15) is 5.56 Å². The third kappa shape index (κ3) is 2.20. The van der Waals surface area contributed by atoms with Gasteiger partial charge in [0.2, 0.25) is 6.54 Å². The van der Waals surface area contributed by atoms with Gasteiger partial charge in [-0.1, -0.05) is 15.9 Å². The predicted octanol–water partition coefficient (Wildman–Crippen LogP) is 1.93. The van der Waals surface area contributed by atoms with Gasteiger partial charge in [-0.3, -0.25) is 10.1 Å². The van der Waals surface area contributed by atoms with E-state index in [9.17, 15) is 10.1 Å². The molecule has 0 spiro atoms. The second kappa shape index (κ2) is 3.53. The zero-order chi connectivity index (χ0) is 9.14. The molecule has 0 aromatic heterocycles. The number of nitro groups is 1. The van der Waals surface area contributed by atoms with Gasteiger partial charge < -0.3 is 5.11 Å². The summed E-state index contributed by atoms with van der Waals surface area (Å²) in [6.45, 7) is -0.356. The quantitative estimate of drug-likeness (QED) is 0.625. The van der Waals surface area contributed by atoms with Gasteiger partial charge in [0.05, 0.1) is 5.56 Å². The molecular formula is C7H6BrNO3. The van der Waals surface area contributed by atoms with Gasteiger partial charge in [0.1, 0.15) is 5.75 Å². The van der Waals surface area contributed by atoms with E-state index in [0.717, 1.165) is 4.47 Å².